The number of rotatable bonds is 4. The fourth-order valence-electron chi connectivity index (χ4n) is 4.79. The van der Waals surface area contributed by atoms with Crippen LogP contribution in [0.15, 0.2) is 24.3 Å². The second-order valence-electron chi connectivity index (χ2n) is 7.89. The predicted molar refractivity (Wildman–Crippen MR) is 98.4 cm³/mol. The standard InChI is InChI=1S/C21H30N2O2/c24-21(22-19-11-5-9-17-8-3-4-10-18(17)19)20-15-25-13-12-23(20)14-16-6-1-2-7-16/h3-4,8,10,16,19-20H,1-2,5-7,9,11-15H2,(H,22,24)/t19-,20-/m1/s1. The van der Waals surface area contributed by atoms with Crippen LogP contribution in [-0.4, -0.2) is 43.2 Å². The van der Waals surface area contributed by atoms with Gasteiger partial charge in [0.25, 0.3) is 0 Å². The number of benzene rings is 1. The van der Waals surface area contributed by atoms with E-state index in [0.29, 0.717) is 6.61 Å². The van der Waals surface area contributed by atoms with Crippen molar-refractivity contribution >= 4 is 5.91 Å². The van der Waals surface area contributed by atoms with Crippen LogP contribution in [0.2, 0.25) is 0 Å². The van der Waals surface area contributed by atoms with Gasteiger partial charge in [-0.2, -0.15) is 0 Å². The topological polar surface area (TPSA) is 41.6 Å². The summed E-state index contributed by atoms with van der Waals surface area (Å²) < 4.78 is 5.65. The molecule has 2 fully saturated rings. The first-order valence-corrected chi connectivity index (χ1v) is 10.0. The molecule has 25 heavy (non-hydrogen) atoms. The van der Waals surface area contributed by atoms with E-state index in [2.05, 4.69) is 34.5 Å². The molecule has 1 amide bonds. The maximum atomic E-state index is 13.0. The zero-order valence-electron chi connectivity index (χ0n) is 15.1. The molecule has 1 N–H and O–H groups in total. The molecule has 1 heterocycles. The van der Waals surface area contributed by atoms with E-state index in [-0.39, 0.29) is 18.0 Å². The summed E-state index contributed by atoms with van der Waals surface area (Å²) in [6.45, 7) is 3.23. The molecule has 1 saturated carbocycles. The van der Waals surface area contributed by atoms with Crippen molar-refractivity contribution in [3.8, 4) is 0 Å². The van der Waals surface area contributed by atoms with Gasteiger partial charge in [-0.3, -0.25) is 9.69 Å². The van der Waals surface area contributed by atoms with E-state index in [0.717, 1.165) is 44.9 Å². The number of morpholine rings is 1. The molecule has 0 spiro atoms. The highest BCUT2D eigenvalue weighted by molar-refractivity contribution is 5.82. The Morgan fingerprint density at radius 2 is 2.00 bits per heavy atom. The Balaban J connectivity index is 1.42. The van der Waals surface area contributed by atoms with Crippen molar-refractivity contribution in [3.63, 3.8) is 0 Å². The second-order valence-corrected chi connectivity index (χ2v) is 7.89. The van der Waals surface area contributed by atoms with Crippen LogP contribution in [0.25, 0.3) is 0 Å². The van der Waals surface area contributed by atoms with Crippen LogP contribution in [0.4, 0.5) is 0 Å². The first kappa shape index (κ1) is 17.0. The van der Waals surface area contributed by atoms with Gasteiger partial charge < -0.3 is 10.1 Å². The molecule has 0 unspecified atom stereocenters. The Morgan fingerprint density at radius 1 is 1.16 bits per heavy atom. The molecule has 4 rings (SSSR count). The van der Waals surface area contributed by atoms with Crippen LogP contribution in [0.1, 0.15) is 55.7 Å². The normalized spacial score (nSPS) is 27.8. The molecule has 1 aliphatic heterocycles. The maximum absolute atomic E-state index is 13.0. The van der Waals surface area contributed by atoms with Crippen LogP contribution in [0.5, 0.6) is 0 Å². The van der Waals surface area contributed by atoms with Crippen LogP contribution >= 0.6 is 0 Å². The van der Waals surface area contributed by atoms with E-state index in [4.69, 9.17) is 4.74 Å². The van der Waals surface area contributed by atoms with Gasteiger partial charge in [-0.05, 0) is 49.1 Å². The van der Waals surface area contributed by atoms with E-state index in [9.17, 15) is 4.79 Å². The van der Waals surface area contributed by atoms with Gasteiger partial charge in [0.15, 0.2) is 0 Å². The lowest BCUT2D eigenvalue weighted by molar-refractivity contribution is -0.133. The summed E-state index contributed by atoms with van der Waals surface area (Å²) in [5, 5.41) is 3.34. The number of nitrogens with zero attached hydrogens (tertiary/aromatic N) is 1. The molecule has 1 saturated heterocycles. The van der Waals surface area contributed by atoms with Crippen molar-refractivity contribution in [1.82, 2.24) is 10.2 Å². The number of aryl methyl sites for hydroxylation is 1. The Morgan fingerprint density at radius 3 is 2.88 bits per heavy atom. The molecule has 2 aliphatic carbocycles. The SMILES string of the molecule is O=C(N[C@@H]1CCCc2ccccc21)[C@H]1COCCN1CC1CCCC1. The summed E-state index contributed by atoms with van der Waals surface area (Å²) >= 11 is 0. The molecule has 0 bridgehead atoms. The minimum Gasteiger partial charge on any atom is -0.378 e. The summed E-state index contributed by atoms with van der Waals surface area (Å²) in [4.78, 5) is 15.4. The second kappa shape index (κ2) is 7.88. The zero-order valence-corrected chi connectivity index (χ0v) is 15.1. The van der Waals surface area contributed by atoms with Crippen LogP contribution in [0.3, 0.4) is 0 Å². The monoisotopic (exact) mass is 342 g/mol. The Kier molecular flexibility index (Phi) is 5.37. The van der Waals surface area contributed by atoms with Gasteiger partial charge >= 0.3 is 0 Å². The molecule has 4 heteroatoms. The van der Waals surface area contributed by atoms with Gasteiger partial charge in [0.05, 0.1) is 19.3 Å². The lowest BCUT2D eigenvalue weighted by Gasteiger charge is -2.37. The van der Waals surface area contributed by atoms with Crippen LogP contribution in [-0.2, 0) is 16.0 Å². The lowest BCUT2D eigenvalue weighted by Crippen LogP contribution is -2.55. The number of fused-ring (bicyclic) bond motifs is 1. The minimum atomic E-state index is -0.122. The Bertz CT molecular complexity index is 597. The molecule has 3 aliphatic rings. The van der Waals surface area contributed by atoms with E-state index < -0.39 is 0 Å². The van der Waals surface area contributed by atoms with E-state index in [1.54, 1.807) is 0 Å². The van der Waals surface area contributed by atoms with Crippen molar-refractivity contribution in [2.24, 2.45) is 5.92 Å². The summed E-state index contributed by atoms with van der Waals surface area (Å²) in [5.41, 5.74) is 2.70. The fraction of sp³-hybridized carbons (Fsp3) is 0.667. The number of hydrogen-bond donors (Lipinski definition) is 1. The number of amides is 1. The lowest BCUT2D eigenvalue weighted by atomic mass is 9.87. The zero-order chi connectivity index (χ0) is 17.1. The molecule has 136 valence electrons. The molecule has 4 nitrogen and oxygen atoms in total. The highest BCUT2D eigenvalue weighted by Crippen LogP contribution is 2.30. The quantitative estimate of drug-likeness (QED) is 0.914. The molecule has 0 aromatic heterocycles. The molecule has 0 radical (unpaired) electrons. The fourth-order valence-corrected chi connectivity index (χ4v) is 4.79. The number of hydrogen-bond acceptors (Lipinski definition) is 3. The maximum Gasteiger partial charge on any atom is 0.240 e. The minimum absolute atomic E-state index is 0.122. The van der Waals surface area contributed by atoms with Gasteiger partial charge in [0, 0.05) is 13.1 Å². The van der Waals surface area contributed by atoms with Gasteiger partial charge in [0.2, 0.25) is 5.91 Å². The molecule has 1 aromatic rings. The van der Waals surface area contributed by atoms with E-state index in [1.165, 1.54) is 36.8 Å². The summed E-state index contributed by atoms with van der Waals surface area (Å²) in [6.07, 6.45) is 8.66. The van der Waals surface area contributed by atoms with Gasteiger partial charge in [-0.1, -0.05) is 37.1 Å². The van der Waals surface area contributed by atoms with Gasteiger partial charge in [-0.15, -0.1) is 0 Å². The Labute approximate surface area is 150 Å². The first-order chi connectivity index (χ1) is 12.3. The molecule has 1 aromatic carbocycles. The molecular formula is C21H30N2O2. The van der Waals surface area contributed by atoms with Crippen molar-refractivity contribution in [2.75, 3.05) is 26.3 Å². The van der Waals surface area contributed by atoms with E-state index in [1.807, 2.05) is 0 Å². The Hall–Kier alpha value is -1.39. The van der Waals surface area contributed by atoms with Crippen molar-refractivity contribution < 1.29 is 9.53 Å². The third kappa shape index (κ3) is 3.90. The van der Waals surface area contributed by atoms with Crippen molar-refractivity contribution in [2.45, 2.75) is 57.0 Å². The summed E-state index contributed by atoms with van der Waals surface area (Å²) in [5.74, 6) is 0.920. The summed E-state index contributed by atoms with van der Waals surface area (Å²) in [7, 11) is 0. The van der Waals surface area contributed by atoms with E-state index >= 15 is 0 Å². The van der Waals surface area contributed by atoms with Crippen LogP contribution < -0.4 is 5.32 Å². The van der Waals surface area contributed by atoms with Crippen molar-refractivity contribution in [3.05, 3.63) is 35.4 Å². The number of nitrogens with one attached hydrogen (secondary N) is 1. The number of carbonyl (C=O) groups excluding carboxylic acids is 1. The predicted octanol–water partition coefficient (Wildman–Crippen LogP) is 3.07. The highest BCUT2D eigenvalue weighted by Gasteiger charge is 2.33. The average molecular weight is 342 g/mol. The third-order valence-electron chi connectivity index (χ3n) is 6.20. The van der Waals surface area contributed by atoms with Crippen LogP contribution in [0, 0.1) is 5.92 Å². The molecule has 2 atom stereocenters. The smallest absolute Gasteiger partial charge is 0.240 e. The largest absolute Gasteiger partial charge is 0.378 e. The first-order valence-electron chi connectivity index (χ1n) is 10.0. The van der Waals surface area contributed by atoms with Gasteiger partial charge in [0.1, 0.15) is 6.04 Å². The number of ether oxygens (including phenoxy) is 1. The average Bonchev–Trinajstić information content (AvgIpc) is 3.15. The molecular weight excluding hydrogens is 312 g/mol. The number of carbonyl (C=O) groups is 1. The summed E-state index contributed by atoms with van der Waals surface area (Å²) in [6, 6.07) is 8.59. The third-order valence-corrected chi connectivity index (χ3v) is 6.20. The van der Waals surface area contributed by atoms with Gasteiger partial charge in [-0.25, -0.2) is 0 Å². The highest BCUT2D eigenvalue weighted by atomic mass is 16.5. The van der Waals surface area contributed by atoms with Crippen molar-refractivity contribution in [1.29, 1.82) is 0 Å².